The van der Waals surface area contributed by atoms with Gasteiger partial charge in [0.05, 0.1) is 5.69 Å². The van der Waals surface area contributed by atoms with Crippen LogP contribution in [0.15, 0.2) is 34.3 Å². The van der Waals surface area contributed by atoms with Crippen molar-refractivity contribution in [3.05, 3.63) is 52.4 Å². The van der Waals surface area contributed by atoms with Gasteiger partial charge in [0, 0.05) is 18.7 Å². The summed E-state index contributed by atoms with van der Waals surface area (Å²) in [5.41, 5.74) is 10.5. The fourth-order valence-corrected chi connectivity index (χ4v) is 2.79. The lowest BCUT2D eigenvalue weighted by Gasteiger charge is -2.29. The van der Waals surface area contributed by atoms with Crippen molar-refractivity contribution in [1.29, 1.82) is 0 Å². The number of oxazole rings is 1. The van der Waals surface area contributed by atoms with Gasteiger partial charge in [-0.2, -0.15) is 4.98 Å². The number of carbonyl (C=O) groups excluding carboxylic acids is 1. The molecule has 1 amide bonds. The van der Waals surface area contributed by atoms with Crippen molar-refractivity contribution in [3.8, 4) is 0 Å². The fourth-order valence-electron chi connectivity index (χ4n) is 2.79. The van der Waals surface area contributed by atoms with Crippen LogP contribution in [0.4, 0.5) is 6.01 Å². The highest BCUT2D eigenvalue weighted by Crippen LogP contribution is 2.30. The van der Waals surface area contributed by atoms with Crippen molar-refractivity contribution in [2.24, 2.45) is 5.73 Å². The summed E-state index contributed by atoms with van der Waals surface area (Å²) in [6.45, 7) is 7.69. The zero-order valence-corrected chi connectivity index (χ0v) is 13.7. The maximum atomic E-state index is 11.2. The molecule has 0 saturated carbocycles. The second-order valence-electron chi connectivity index (χ2n) is 6.01. The second kappa shape index (κ2) is 5.91. The van der Waals surface area contributed by atoms with E-state index in [1.807, 2.05) is 26.0 Å². The summed E-state index contributed by atoms with van der Waals surface area (Å²) < 4.78 is 5.75. The third-order valence-corrected chi connectivity index (χ3v) is 4.43. The van der Waals surface area contributed by atoms with Gasteiger partial charge in [-0.05, 0) is 50.5 Å². The first kappa shape index (κ1) is 15.3. The quantitative estimate of drug-likeness (QED) is 0.945. The topological polar surface area (TPSA) is 72.4 Å². The molecule has 3 rings (SSSR count). The molecule has 1 aromatic heterocycles. The highest BCUT2D eigenvalue weighted by atomic mass is 16.4. The number of carbonyl (C=O) groups is 1. The molecule has 0 aliphatic carbocycles. The van der Waals surface area contributed by atoms with E-state index < -0.39 is 5.91 Å². The van der Waals surface area contributed by atoms with Crippen LogP contribution in [0.5, 0.6) is 0 Å². The first-order chi connectivity index (χ1) is 11.0. The number of hydrogen-bond acceptors (Lipinski definition) is 4. The number of nitrogens with two attached hydrogens (primary N) is 1. The van der Waals surface area contributed by atoms with Crippen molar-refractivity contribution in [1.82, 2.24) is 4.98 Å². The van der Waals surface area contributed by atoms with E-state index in [1.54, 1.807) is 12.1 Å². The maximum absolute atomic E-state index is 11.2. The molecule has 0 spiro atoms. The molecule has 1 aliphatic heterocycles. The average Bonchev–Trinajstić information content (AvgIpc) is 2.87. The van der Waals surface area contributed by atoms with Crippen LogP contribution >= 0.6 is 0 Å². The Morgan fingerprint density at radius 3 is 2.48 bits per heavy atom. The predicted octanol–water partition coefficient (Wildman–Crippen LogP) is 3.07. The molecule has 2 heterocycles. The molecule has 0 radical (unpaired) electrons. The number of anilines is 1. The Morgan fingerprint density at radius 2 is 1.91 bits per heavy atom. The maximum Gasteiger partial charge on any atom is 0.297 e. The minimum absolute atomic E-state index is 0.404. The Bertz CT molecular complexity index is 753. The molecular weight excluding hydrogens is 290 g/mol. The molecule has 1 aromatic carbocycles. The summed E-state index contributed by atoms with van der Waals surface area (Å²) in [4.78, 5) is 17.9. The molecule has 23 heavy (non-hydrogen) atoms. The van der Waals surface area contributed by atoms with Crippen LogP contribution in [0.25, 0.3) is 5.57 Å². The van der Waals surface area contributed by atoms with E-state index in [0.717, 1.165) is 36.5 Å². The SMILES string of the molecule is CC1=C(c2ccc(C(N)=O)cc2)CN(c2nc(C)c(C)o2)CC1. The summed E-state index contributed by atoms with van der Waals surface area (Å²) >= 11 is 0. The van der Waals surface area contributed by atoms with Gasteiger partial charge in [-0.25, -0.2) is 0 Å². The lowest BCUT2D eigenvalue weighted by Crippen LogP contribution is -2.31. The zero-order valence-electron chi connectivity index (χ0n) is 13.7. The molecule has 2 N–H and O–H groups in total. The van der Waals surface area contributed by atoms with Gasteiger partial charge in [0.25, 0.3) is 6.01 Å². The van der Waals surface area contributed by atoms with E-state index in [1.165, 1.54) is 11.1 Å². The summed E-state index contributed by atoms with van der Waals surface area (Å²) in [5, 5.41) is 0. The van der Waals surface area contributed by atoms with Gasteiger partial charge >= 0.3 is 0 Å². The number of aromatic nitrogens is 1. The van der Waals surface area contributed by atoms with Crippen LogP contribution in [0.3, 0.4) is 0 Å². The molecule has 0 bridgehead atoms. The third kappa shape index (κ3) is 2.99. The number of nitrogens with zero attached hydrogens (tertiary/aromatic N) is 2. The lowest BCUT2D eigenvalue weighted by atomic mass is 9.94. The van der Waals surface area contributed by atoms with Gasteiger partial charge in [-0.3, -0.25) is 4.79 Å². The van der Waals surface area contributed by atoms with Crippen molar-refractivity contribution >= 4 is 17.5 Å². The minimum atomic E-state index is -0.404. The summed E-state index contributed by atoms with van der Waals surface area (Å²) in [6.07, 6.45) is 0.966. The van der Waals surface area contributed by atoms with Crippen LogP contribution in [0.1, 0.15) is 40.7 Å². The monoisotopic (exact) mass is 311 g/mol. The molecule has 0 saturated heterocycles. The van der Waals surface area contributed by atoms with E-state index in [2.05, 4.69) is 16.8 Å². The smallest absolute Gasteiger partial charge is 0.297 e. The first-order valence-corrected chi connectivity index (χ1v) is 7.73. The average molecular weight is 311 g/mol. The van der Waals surface area contributed by atoms with Crippen molar-refractivity contribution in [2.75, 3.05) is 18.0 Å². The van der Waals surface area contributed by atoms with E-state index in [9.17, 15) is 4.79 Å². The molecule has 2 aromatic rings. The highest BCUT2D eigenvalue weighted by Gasteiger charge is 2.22. The normalized spacial score (nSPS) is 15.2. The first-order valence-electron chi connectivity index (χ1n) is 7.73. The second-order valence-corrected chi connectivity index (χ2v) is 6.01. The number of aryl methyl sites for hydroxylation is 2. The summed E-state index contributed by atoms with van der Waals surface area (Å²) in [6, 6.07) is 8.13. The highest BCUT2D eigenvalue weighted by molar-refractivity contribution is 5.93. The number of amides is 1. The summed E-state index contributed by atoms with van der Waals surface area (Å²) in [7, 11) is 0. The van der Waals surface area contributed by atoms with Gasteiger partial charge < -0.3 is 15.1 Å². The predicted molar refractivity (Wildman–Crippen MR) is 90.4 cm³/mol. The van der Waals surface area contributed by atoms with Crippen LogP contribution in [-0.2, 0) is 0 Å². The van der Waals surface area contributed by atoms with Gasteiger partial charge in [-0.1, -0.05) is 17.7 Å². The minimum Gasteiger partial charge on any atom is -0.429 e. The van der Waals surface area contributed by atoms with Gasteiger partial charge in [0.15, 0.2) is 0 Å². The molecule has 0 atom stereocenters. The number of hydrogen-bond donors (Lipinski definition) is 1. The van der Waals surface area contributed by atoms with Gasteiger partial charge in [0.2, 0.25) is 5.91 Å². The Hall–Kier alpha value is -2.56. The molecular formula is C18H21N3O2. The van der Waals surface area contributed by atoms with E-state index in [4.69, 9.17) is 10.2 Å². The van der Waals surface area contributed by atoms with Crippen LogP contribution in [0.2, 0.25) is 0 Å². The lowest BCUT2D eigenvalue weighted by molar-refractivity contribution is 0.100. The molecule has 5 nitrogen and oxygen atoms in total. The summed E-state index contributed by atoms with van der Waals surface area (Å²) in [5.74, 6) is 0.455. The van der Waals surface area contributed by atoms with Crippen LogP contribution in [0, 0.1) is 13.8 Å². The third-order valence-electron chi connectivity index (χ3n) is 4.43. The van der Waals surface area contributed by atoms with E-state index in [0.29, 0.717) is 11.6 Å². The molecule has 0 unspecified atom stereocenters. The Labute approximate surface area is 135 Å². The van der Waals surface area contributed by atoms with Gasteiger partial charge in [-0.15, -0.1) is 0 Å². The Kier molecular flexibility index (Phi) is 3.94. The molecule has 0 fully saturated rings. The fraction of sp³-hybridized carbons (Fsp3) is 0.333. The molecule has 120 valence electrons. The Morgan fingerprint density at radius 1 is 1.22 bits per heavy atom. The van der Waals surface area contributed by atoms with E-state index >= 15 is 0 Å². The van der Waals surface area contributed by atoms with Crippen LogP contribution < -0.4 is 10.6 Å². The Balaban J connectivity index is 1.87. The van der Waals surface area contributed by atoms with Crippen molar-refractivity contribution in [2.45, 2.75) is 27.2 Å². The zero-order chi connectivity index (χ0) is 16.6. The molecule has 1 aliphatic rings. The molecule has 5 heteroatoms. The van der Waals surface area contributed by atoms with E-state index in [-0.39, 0.29) is 0 Å². The number of primary amides is 1. The number of benzene rings is 1. The van der Waals surface area contributed by atoms with Gasteiger partial charge in [0.1, 0.15) is 5.76 Å². The van der Waals surface area contributed by atoms with Crippen LogP contribution in [-0.4, -0.2) is 24.0 Å². The van der Waals surface area contributed by atoms with Crippen molar-refractivity contribution < 1.29 is 9.21 Å². The number of rotatable bonds is 3. The standard InChI is InChI=1S/C18H21N3O2/c1-11-8-9-21(18-20-12(2)13(3)23-18)10-16(11)14-4-6-15(7-5-14)17(19)22/h4-7H,8-10H2,1-3H3,(H2,19,22). The van der Waals surface area contributed by atoms with Crippen molar-refractivity contribution in [3.63, 3.8) is 0 Å². The largest absolute Gasteiger partial charge is 0.429 e.